The molecule has 2 N–H and O–H groups in total. The lowest BCUT2D eigenvalue weighted by molar-refractivity contribution is -0.119. The first-order valence-electron chi connectivity index (χ1n) is 6.44. The van der Waals surface area contributed by atoms with Crippen LogP contribution < -0.4 is 5.32 Å². The fourth-order valence-electron chi connectivity index (χ4n) is 2.29. The lowest BCUT2D eigenvalue weighted by Crippen LogP contribution is -2.41. The largest absolute Gasteiger partial charge is 0.356 e. The van der Waals surface area contributed by atoms with Crippen LogP contribution in [0.25, 0.3) is 0 Å². The normalized spacial score (nSPS) is 16.4. The molecule has 1 aromatic heterocycles. The molecule has 6 heteroatoms. The summed E-state index contributed by atoms with van der Waals surface area (Å²) in [5.74, 6) is 0.529. The first-order chi connectivity index (χ1) is 9.06. The van der Waals surface area contributed by atoms with Gasteiger partial charge < -0.3 is 15.2 Å². The van der Waals surface area contributed by atoms with E-state index in [2.05, 4.69) is 26.2 Å². The van der Waals surface area contributed by atoms with Crippen LogP contribution in [0.4, 0.5) is 0 Å². The number of aromatic amines is 1. The van der Waals surface area contributed by atoms with Crippen LogP contribution in [-0.2, 0) is 4.79 Å². The molecule has 2 amide bonds. The highest BCUT2D eigenvalue weighted by Crippen LogP contribution is 2.19. The number of nitrogens with one attached hydrogen (secondary N) is 2. The molecule has 104 valence electrons. The van der Waals surface area contributed by atoms with E-state index in [1.54, 1.807) is 12.3 Å². The van der Waals surface area contributed by atoms with Crippen LogP contribution >= 0.6 is 15.9 Å². The molecule has 0 aromatic carbocycles. The van der Waals surface area contributed by atoms with Crippen LogP contribution in [-0.4, -0.2) is 41.3 Å². The summed E-state index contributed by atoms with van der Waals surface area (Å²) in [5.41, 5.74) is 0.618. The number of likely N-dealkylation sites (tertiary alicyclic amines) is 1. The number of H-pyrrole nitrogens is 1. The number of hydrogen-bond acceptors (Lipinski definition) is 2. The number of carbonyl (C=O) groups is 2. The second-order valence-corrected chi connectivity index (χ2v) is 5.82. The summed E-state index contributed by atoms with van der Waals surface area (Å²) in [6.07, 6.45) is 3.64. The van der Waals surface area contributed by atoms with Crippen molar-refractivity contribution in [3.8, 4) is 0 Å². The molecule has 0 saturated carbocycles. The van der Waals surface area contributed by atoms with Crippen LogP contribution in [0.5, 0.6) is 0 Å². The zero-order valence-electron chi connectivity index (χ0n) is 10.9. The van der Waals surface area contributed by atoms with Gasteiger partial charge in [-0.3, -0.25) is 9.59 Å². The number of aromatic nitrogens is 1. The van der Waals surface area contributed by atoms with Crippen molar-refractivity contribution in [1.29, 1.82) is 0 Å². The van der Waals surface area contributed by atoms with Gasteiger partial charge in [0.2, 0.25) is 5.91 Å². The molecule has 2 heterocycles. The van der Waals surface area contributed by atoms with Crippen molar-refractivity contribution >= 4 is 27.7 Å². The molecule has 0 radical (unpaired) electrons. The Morgan fingerprint density at radius 2 is 2.16 bits per heavy atom. The fourth-order valence-corrected chi connectivity index (χ4v) is 2.63. The fraction of sp³-hybridized carbons (Fsp3) is 0.538. The Labute approximate surface area is 120 Å². The number of nitrogens with zero attached hydrogens (tertiary/aromatic N) is 1. The highest BCUT2D eigenvalue weighted by atomic mass is 79.9. The van der Waals surface area contributed by atoms with Gasteiger partial charge >= 0.3 is 0 Å². The first kappa shape index (κ1) is 14.1. The van der Waals surface area contributed by atoms with Gasteiger partial charge in [0, 0.05) is 37.2 Å². The minimum atomic E-state index is 0.00902. The molecule has 1 aliphatic heterocycles. The quantitative estimate of drug-likeness (QED) is 0.888. The Hall–Kier alpha value is -1.30. The molecule has 1 aliphatic rings. The van der Waals surface area contributed by atoms with Crippen molar-refractivity contribution in [3.63, 3.8) is 0 Å². The third-order valence-corrected chi connectivity index (χ3v) is 3.88. The zero-order valence-corrected chi connectivity index (χ0v) is 12.5. The van der Waals surface area contributed by atoms with Gasteiger partial charge in [0.1, 0.15) is 5.69 Å². The molecular weight excluding hydrogens is 310 g/mol. The van der Waals surface area contributed by atoms with E-state index >= 15 is 0 Å². The van der Waals surface area contributed by atoms with Gasteiger partial charge in [-0.2, -0.15) is 0 Å². The van der Waals surface area contributed by atoms with E-state index in [0.29, 0.717) is 18.2 Å². The number of amides is 2. The number of rotatable bonds is 3. The highest BCUT2D eigenvalue weighted by molar-refractivity contribution is 9.10. The van der Waals surface area contributed by atoms with E-state index in [9.17, 15) is 9.59 Å². The first-order valence-corrected chi connectivity index (χ1v) is 7.23. The van der Waals surface area contributed by atoms with Gasteiger partial charge in [0.05, 0.1) is 0 Å². The number of hydrogen-bond donors (Lipinski definition) is 2. The average molecular weight is 328 g/mol. The van der Waals surface area contributed by atoms with Gasteiger partial charge in [0.25, 0.3) is 5.91 Å². The van der Waals surface area contributed by atoms with Crippen molar-refractivity contribution in [2.45, 2.75) is 19.8 Å². The second-order valence-electron chi connectivity index (χ2n) is 4.90. The van der Waals surface area contributed by atoms with Gasteiger partial charge in [-0.05, 0) is 40.8 Å². The lowest BCUT2D eigenvalue weighted by atomic mass is 9.96. The van der Waals surface area contributed by atoms with Crippen molar-refractivity contribution in [3.05, 3.63) is 22.4 Å². The number of halogens is 1. The molecule has 1 fully saturated rings. The van der Waals surface area contributed by atoms with Crippen molar-refractivity contribution in [2.75, 3.05) is 19.6 Å². The molecule has 1 aromatic rings. The summed E-state index contributed by atoms with van der Waals surface area (Å²) < 4.78 is 0.886. The van der Waals surface area contributed by atoms with Crippen molar-refractivity contribution in [1.82, 2.24) is 15.2 Å². The number of piperidine rings is 1. The second kappa shape index (κ2) is 6.23. The molecule has 19 heavy (non-hydrogen) atoms. The van der Waals surface area contributed by atoms with E-state index in [1.807, 2.05) is 4.90 Å². The molecule has 0 atom stereocenters. The summed E-state index contributed by atoms with van der Waals surface area (Å²) in [6.45, 7) is 3.74. The maximum Gasteiger partial charge on any atom is 0.270 e. The monoisotopic (exact) mass is 327 g/mol. The molecule has 0 aliphatic carbocycles. The minimum Gasteiger partial charge on any atom is -0.356 e. The summed E-state index contributed by atoms with van der Waals surface area (Å²) in [7, 11) is 0. The molecule has 1 saturated heterocycles. The van der Waals surface area contributed by atoms with Gasteiger partial charge in [-0.25, -0.2) is 0 Å². The predicted molar refractivity (Wildman–Crippen MR) is 75.8 cm³/mol. The molecule has 5 nitrogen and oxygen atoms in total. The van der Waals surface area contributed by atoms with E-state index in [0.717, 1.165) is 30.4 Å². The molecule has 0 spiro atoms. The predicted octanol–water partition coefficient (Wildman–Crippen LogP) is 1.77. The Bertz CT molecular complexity index is 464. The molecular formula is C13H18BrN3O2. The zero-order chi connectivity index (χ0) is 13.8. The third-order valence-electron chi connectivity index (χ3n) is 3.42. The maximum absolute atomic E-state index is 12.2. The van der Waals surface area contributed by atoms with Crippen LogP contribution in [0.2, 0.25) is 0 Å². The third kappa shape index (κ3) is 3.83. The smallest absolute Gasteiger partial charge is 0.270 e. The highest BCUT2D eigenvalue weighted by Gasteiger charge is 2.24. The summed E-state index contributed by atoms with van der Waals surface area (Å²) in [5, 5.41) is 2.84. The summed E-state index contributed by atoms with van der Waals surface area (Å²) in [4.78, 5) is 27.9. The summed E-state index contributed by atoms with van der Waals surface area (Å²) in [6, 6.07) is 1.80. The summed E-state index contributed by atoms with van der Waals surface area (Å²) >= 11 is 3.33. The maximum atomic E-state index is 12.2. The Balaban J connectivity index is 1.83. The van der Waals surface area contributed by atoms with E-state index < -0.39 is 0 Å². The van der Waals surface area contributed by atoms with Gasteiger partial charge in [0.15, 0.2) is 0 Å². The molecule has 2 rings (SSSR count). The Morgan fingerprint density at radius 3 is 2.68 bits per heavy atom. The lowest BCUT2D eigenvalue weighted by Gasteiger charge is -2.31. The Morgan fingerprint density at radius 1 is 1.47 bits per heavy atom. The van der Waals surface area contributed by atoms with Crippen LogP contribution in [0.3, 0.4) is 0 Å². The van der Waals surface area contributed by atoms with Crippen LogP contribution in [0.1, 0.15) is 30.3 Å². The topological polar surface area (TPSA) is 65.2 Å². The SMILES string of the molecule is CC(=O)NCC1CCN(C(=O)c2cc(Br)c[nH]2)CC1. The van der Waals surface area contributed by atoms with Gasteiger partial charge in [-0.1, -0.05) is 0 Å². The van der Waals surface area contributed by atoms with Crippen LogP contribution in [0.15, 0.2) is 16.7 Å². The molecule has 0 unspecified atom stereocenters. The van der Waals surface area contributed by atoms with E-state index in [-0.39, 0.29) is 11.8 Å². The van der Waals surface area contributed by atoms with Gasteiger partial charge in [-0.15, -0.1) is 0 Å². The van der Waals surface area contributed by atoms with E-state index in [4.69, 9.17) is 0 Å². The minimum absolute atomic E-state index is 0.00902. The average Bonchev–Trinajstić information content (AvgIpc) is 2.83. The molecule has 0 bridgehead atoms. The van der Waals surface area contributed by atoms with Crippen molar-refractivity contribution in [2.24, 2.45) is 5.92 Å². The van der Waals surface area contributed by atoms with E-state index in [1.165, 1.54) is 6.92 Å². The van der Waals surface area contributed by atoms with Crippen LogP contribution in [0, 0.1) is 5.92 Å². The van der Waals surface area contributed by atoms with Crippen molar-refractivity contribution < 1.29 is 9.59 Å². The Kier molecular flexibility index (Phi) is 4.63. The standard InChI is InChI=1S/C13H18BrN3O2/c1-9(18)15-7-10-2-4-17(5-3-10)13(19)12-6-11(14)8-16-12/h6,8,10,16H,2-5,7H2,1H3,(H,15,18). The number of carbonyl (C=O) groups excluding carboxylic acids is 2.